The van der Waals surface area contributed by atoms with Gasteiger partial charge in [-0.25, -0.2) is 0 Å². The first-order valence-electron chi connectivity index (χ1n) is 8.65. The number of piperidine rings is 1. The molecule has 2 aliphatic rings. The summed E-state index contributed by atoms with van der Waals surface area (Å²) in [5.41, 5.74) is 3.23. The minimum Gasteiger partial charge on any atom is -0.348 e. The molecule has 4 rings (SSSR count). The Bertz CT molecular complexity index is 815. The maximum absolute atomic E-state index is 12.9. The van der Waals surface area contributed by atoms with Crippen molar-refractivity contribution in [3.8, 4) is 0 Å². The van der Waals surface area contributed by atoms with Gasteiger partial charge in [-0.05, 0) is 61.7 Å². The lowest BCUT2D eigenvalue weighted by atomic mass is 9.71. The van der Waals surface area contributed by atoms with E-state index in [0.717, 1.165) is 32.4 Å². The molecule has 1 saturated heterocycles. The lowest BCUT2D eigenvalue weighted by molar-refractivity contribution is 0.0907. The number of halogens is 2. The van der Waals surface area contributed by atoms with Gasteiger partial charge in [-0.2, -0.15) is 0 Å². The number of carbonyl (C=O) groups excluding carboxylic acids is 1. The van der Waals surface area contributed by atoms with Gasteiger partial charge in [0.2, 0.25) is 0 Å². The topological polar surface area (TPSA) is 41.1 Å². The van der Waals surface area contributed by atoms with Crippen LogP contribution in [-0.2, 0) is 11.8 Å². The normalized spacial score (nSPS) is 21.1. The highest BCUT2D eigenvalue weighted by molar-refractivity contribution is 6.36. The highest BCUT2D eigenvalue weighted by Gasteiger charge is 2.47. The molecule has 0 saturated carbocycles. The van der Waals surface area contributed by atoms with Crippen LogP contribution < -0.4 is 10.6 Å². The highest BCUT2D eigenvalue weighted by atomic mass is 35.5. The molecule has 1 heterocycles. The van der Waals surface area contributed by atoms with E-state index in [1.807, 2.05) is 0 Å². The molecule has 5 heteroatoms. The Morgan fingerprint density at radius 2 is 1.88 bits per heavy atom. The van der Waals surface area contributed by atoms with Crippen LogP contribution in [0.1, 0.15) is 34.3 Å². The van der Waals surface area contributed by atoms with Crippen LogP contribution in [-0.4, -0.2) is 25.0 Å². The maximum Gasteiger partial charge on any atom is 0.253 e. The fourth-order valence-corrected chi connectivity index (χ4v) is 4.87. The number of benzene rings is 2. The van der Waals surface area contributed by atoms with Crippen LogP contribution in [0, 0.1) is 0 Å². The number of amides is 1. The quantitative estimate of drug-likeness (QED) is 0.834. The van der Waals surface area contributed by atoms with Crippen molar-refractivity contribution < 1.29 is 4.79 Å². The Kier molecular flexibility index (Phi) is 4.48. The Morgan fingerprint density at radius 3 is 2.64 bits per heavy atom. The van der Waals surface area contributed by atoms with Gasteiger partial charge in [0.1, 0.15) is 0 Å². The molecule has 0 aromatic heterocycles. The van der Waals surface area contributed by atoms with Crippen LogP contribution in [0.2, 0.25) is 10.0 Å². The number of hydrogen-bond donors (Lipinski definition) is 2. The third kappa shape index (κ3) is 2.95. The van der Waals surface area contributed by atoms with Gasteiger partial charge in [0.25, 0.3) is 5.91 Å². The Hall–Kier alpha value is -1.55. The van der Waals surface area contributed by atoms with Crippen LogP contribution in [0.15, 0.2) is 42.5 Å². The fourth-order valence-electron chi connectivity index (χ4n) is 4.38. The van der Waals surface area contributed by atoms with E-state index in [2.05, 4.69) is 34.9 Å². The molecule has 1 amide bonds. The SMILES string of the molecule is O=C(NC1Cc2ccccc2C12CCNCC2)c1ccc(Cl)cc1Cl. The largest absolute Gasteiger partial charge is 0.348 e. The van der Waals surface area contributed by atoms with Crippen LogP contribution in [0.5, 0.6) is 0 Å². The first-order chi connectivity index (χ1) is 12.1. The zero-order chi connectivity index (χ0) is 17.4. The number of nitrogens with one attached hydrogen (secondary N) is 2. The Morgan fingerprint density at radius 1 is 1.12 bits per heavy atom. The van der Waals surface area contributed by atoms with Crippen molar-refractivity contribution in [1.82, 2.24) is 10.6 Å². The molecular formula is C20H20Cl2N2O. The molecule has 0 bridgehead atoms. The summed E-state index contributed by atoms with van der Waals surface area (Å²) in [5.74, 6) is -0.127. The fraction of sp³-hybridized carbons (Fsp3) is 0.350. The third-order valence-electron chi connectivity index (χ3n) is 5.62. The molecule has 1 atom stereocenters. The molecule has 2 N–H and O–H groups in total. The number of rotatable bonds is 2. The Labute approximate surface area is 157 Å². The lowest BCUT2D eigenvalue weighted by Crippen LogP contribution is -2.53. The van der Waals surface area contributed by atoms with Crippen molar-refractivity contribution in [2.75, 3.05) is 13.1 Å². The number of fused-ring (bicyclic) bond motifs is 2. The summed E-state index contributed by atoms with van der Waals surface area (Å²) < 4.78 is 0. The summed E-state index contributed by atoms with van der Waals surface area (Å²) in [4.78, 5) is 12.9. The van der Waals surface area contributed by atoms with Crippen molar-refractivity contribution in [2.45, 2.75) is 30.7 Å². The molecule has 1 aliphatic carbocycles. The van der Waals surface area contributed by atoms with E-state index in [1.54, 1.807) is 18.2 Å². The van der Waals surface area contributed by atoms with E-state index in [9.17, 15) is 4.79 Å². The van der Waals surface area contributed by atoms with E-state index >= 15 is 0 Å². The molecule has 2 aromatic rings. The predicted molar refractivity (Wildman–Crippen MR) is 102 cm³/mol. The maximum atomic E-state index is 12.9. The van der Waals surface area contributed by atoms with Gasteiger partial charge in [-0.1, -0.05) is 47.5 Å². The standard InChI is InChI=1S/C20H20Cl2N2O/c21-14-5-6-15(17(22)12-14)19(25)24-18-11-13-3-1-2-4-16(13)20(18)7-9-23-10-8-20/h1-6,12,18,23H,7-11H2,(H,24,25). The second kappa shape index (κ2) is 6.64. The second-order valence-electron chi connectivity index (χ2n) is 6.92. The smallest absolute Gasteiger partial charge is 0.253 e. The first-order valence-corrected chi connectivity index (χ1v) is 9.41. The monoisotopic (exact) mass is 374 g/mol. The van der Waals surface area contributed by atoms with Crippen LogP contribution in [0.25, 0.3) is 0 Å². The average Bonchev–Trinajstić information content (AvgIpc) is 2.89. The van der Waals surface area contributed by atoms with Crippen LogP contribution >= 0.6 is 23.2 Å². The molecule has 1 spiro atoms. The summed E-state index contributed by atoms with van der Waals surface area (Å²) in [7, 11) is 0. The lowest BCUT2D eigenvalue weighted by Gasteiger charge is -2.40. The zero-order valence-corrected chi connectivity index (χ0v) is 15.3. The Balaban J connectivity index is 1.64. The third-order valence-corrected chi connectivity index (χ3v) is 6.17. The minimum atomic E-state index is -0.127. The van der Waals surface area contributed by atoms with Crippen molar-refractivity contribution in [3.05, 3.63) is 69.2 Å². The molecular weight excluding hydrogens is 355 g/mol. The zero-order valence-electron chi connectivity index (χ0n) is 13.8. The molecule has 2 aromatic carbocycles. The molecule has 0 radical (unpaired) electrons. The summed E-state index contributed by atoms with van der Waals surface area (Å²) in [6.45, 7) is 1.95. The van der Waals surface area contributed by atoms with E-state index in [4.69, 9.17) is 23.2 Å². The van der Waals surface area contributed by atoms with Gasteiger partial charge >= 0.3 is 0 Å². The van der Waals surface area contributed by atoms with Gasteiger partial charge < -0.3 is 10.6 Å². The highest BCUT2D eigenvalue weighted by Crippen LogP contribution is 2.45. The predicted octanol–water partition coefficient (Wildman–Crippen LogP) is 3.97. The van der Waals surface area contributed by atoms with E-state index < -0.39 is 0 Å². The molecule has 25 heavy (non-hydrogen) atoms. The number of carbonyl (C=O) groups is 1. The van der Waals surface area contributed by atoms with Crippen molar-refractivity contribution in [1.29, 1.82) is 0 Å². The van der Waals surface area contributed by atoms with Crippen molar-refractivity contribution in [3.63, 3.8) is 0 Å². The molecule has 1 aliphatic heterocycles. The summed E-state index contributed by atoms with van der Waals surface area (Å²) in [6, 6.07) is 13.7. The van der Waals surface area contributed by atoms with Crippen LogP contribution in [0.3, 0.4) is 0 Å². The summed E-state index contributed by atoms with van der Waals surface area (Å²) >= 11 is 12.2. The van der Waals surface area contributed by atoms with Gasteiger partial charge in [0, 0.05) is 16.5 Å². The molecule has 1 unspecified atom stereocenters. The van der Waals surface area contributed by atoms with E-state index in [-0.39, 0.29) is 17.4 Å². The summed E-state index contributed by atoms with van der Waals surface area (Å²) in [6.07, 6.45) is 2.93. The van der Waals surface area contributed by atoms with Crippen LogP contribution in [0.4, 0.5) is 0 Å². The minimum absolute atomic E-state index is 0.0103. The van der Waals surface area contributed by atoms with Crippen molar-refractivity contribution in [2.24, 2.45) is 0 Å². The van der Waals surface area contributed by atoms with Gasteiger partial charge in [0.05, 0.1) is 10.6 Å². The average molecular weight is 375 g/mol. The van der Waals surface area contributed by atoms with Gasteiger partial charge in [-0.15, -0.1) is 0 Å². The molecule has 130 valence electrons. The van der Waals surface area contributed by atoms with E-state index in [1.165, 1.54) is 11.1 Å². The van der Waals surface area contributed by atoms with Crippen molar-refractivity contribution >= 4 is 29.1 Å². The summed E-state index contributed by atoms with van der Waals surface area (Å²) in [5, 5.41) is 7.63. The molecule has 1 fully saturated rings. The first kappa shape index (κ1) is 16.9. The van der Waals surface area contributed by atoms with Gasteiger partial charge in [-0.3, -0.25) is 4.79 Å². The van der Waals surface area contributed by atoms with E-state index in [0.29, 0.717) is 15.6 Å². The second-order valence-corrected chi connectivity index (χ2v) is 7.76. The van der Waals surface area contributed by atoms with Gasteiger partial charge in [0.15, 0.2) is 0 Å². The molecule has 3 nitrogen and oxygen atoms in total. The number of hydrogen-bond acceptors (Lipinski definition) is 2.